The van der Waals surface area contributed by atoms with Crippen LogP contribution in [-0.2, 0) is 4.79 Å². The summed E-state index contributed by atoms with van der Waals surface area (Å²) < 4.78 is 0. The number of carbonyl (C=O) groups excluding carboxylic acids is 1. The van der Waals surface area contributed by atoms with Crippen molar-refractivity contribution in [3.63, 3.8) is 0 Å². The molecule has 1 aliphatic heterocycles. The SMILES string of the molecule is CC(C)CC1(CNC(=O)C2CC23CCNCC3)CCC1.Cl. The van der Waals surface area contributed by atoms with E-state index >= 15 is 0 Å². The average Bonchev–Trinajstić information content (AvgIpc) is 3.06. The first kappa shape index (κ1) is 17.1. The van der Waals surface area contributed by atoms with E-state index in [0.29, 0.717) is 22.7 Å². The van der Waals surface area contributed by atoms with Crippen LogP contribution in [0, 0.1) is 22.7 Å². The zero-order valence-electron chi connectivity index (χ0n) is 13.5. The van der Waals surface area contributed by atoms with E-state index < -0.39 is 0 Å². The third kappa shape index (κ3) is 3.56. The van der Waals surface area contributed by atoms with Crippen molar-refractivity contribution in [2.45, 2.75) is 58.8 Å². The van der Waals surface area contributed by atoms with Gasteiger partial charge in [-0.05, 0) is 68.4 Å². The molecule has 1 amide bonds. The Bertz CT molecular complexity index is 373. The molecule has 1 heterocycles. The Kier molecular flexibility index (Phi) is 5.25. The maximum absolute atomic E-state index is 12.4. The highest BCUT2D eigenvalue weighted by atomic mass is 35.5. The lowest BCUT2D eigenvalue weighted by atomic mass is 9.64. The lowest BCUT2D eigenvalue weighted by Crippen LogP contribution is -2.44. The first-order valence-corrected chi connectivity index (χ1v) is 8.54. The van der Waals surface area contributed by atoms with Gasteiger partial charge in [-0.2, -0.15) is 0 Å². The highest BCUT2D eigenvalue weighted by molar-refractivity contribution is 5.85. The molecule has 122 valence electrons. The zero-order chi connectivity index (χ0) is 14.2. The standard InChI is InChI=1S/C17H30N2O.ClH/c1-13(2)10-16(4-3-5-16)12-19-15(20)14-11-17(14)6-8-18-9-7-17;/h13-14,18H,3-12H2,1-2H3,(H,19,20);1H. The minimum Gasteiger partial charge on any atom is -0.355 e. The highest BCUT2D eigenvalue weighted by Crippen LogP contribution is 2.58. The summed E-state index contributed by atoms with van der Waals surface area (Å²) in [6.07, 6.45) is 8.77. The van der Waals surface area contributed by atoms with Gasteiger partial charge in [0.1, 0.15) is 0 Å². The number of halogens is 1. The molecule has 1 spiro atoms. The molecule has 2 N–H and O–H groups in total. The number of hydrogen-bond acceptors (Lipinski definition) is 2. The summed E-state index contributed by atoms with van der Waals surface area (Å²) in [6.45, 7) is 7.72. The summed E-state index contributed by atoms with van der Waals surface area (Å²) in [6, 6.07) is 0. The minimum absolute atomic E-state index is 0. The van der Waals surface area contributed by atoms with Gasteiger partial charge in [-0.25, -0.2) is 0 Å². The van der Waals surface area contributed by atoms with Gasteiger partial charge in [-0.1, -0.05) is 20.3 Å². The molecule has 1 atom stereocenters. The summed E-state index contributed by atoms with van der Waals surface area (Å²) in [4.78, 5) is 12.4. The Morgan fingerprint density at radius 3 is 2.43 bits per heavy atom. The number of carbonyl (C=O) groups is 1. The van der Waals surface area contributed by atoms with Crippen molar-refractivity contribution in [2.24, 2.45) is 22.7 Å². The van der Waals surface area contributed by atoms with Crippen LogP contribution in [0.15, 0.2) is 0 Å². The molecule has 0 aromatic carbocycles. The average molecular weight is 315 g/mol. The third-order valence-corrected chi connectivity index (χ3v) is 6.00. The zero-order valence-corrected chi connectivity index (χ0v) is 14.4. The molecule has 1 saturated heterocycles. The molecule has 0 radical (unpaired) electrons. The molecule has 3 aliphatic rings. The number of amides is 1. The quantitative estimate of drug-likeness (QED) is 0.818. The van der Waals surface area contributed by atoms with Crippen molar-refractivity contribution in [2.75, 3.05) is 19.6 Å². The monoisotopic (exact) mass is 314 g/mol. The number of rotatable bonds is 5. The topological polar surface area (TPSA) is 41.1 Å². The first-order chi connectivity index (χ1) is 9.55. The van der Waals surface area contributed by atoms with Crippen LogP contribution in [0.5, 0.6) is 0 Å². The Balaban J connectivity index is 0.00000161. The van der Waals surface area contributed by atoms with E-state index in [1.54, 1.807) is 0 Å². The predicted molar refractivity (Wildman–Crippen MR) is 88.6 cm³/mol. The van der Waals surface area contributed by atoms with E-state index in [1.807, 2.05) is 0 Å². The van der Waals surface area contributed by atoms with Gasteiger partial charge in [-0.15, -0.1) is 12.4 Å². The number of piperidine rings is 1. The third-order valence-electron chi connectivity index (χ3n) is 6.00. The fourth-order valence-electron chi connectivity index (χ4n) is 4.59. The van der Waals surface area contributed by atoms with Crippen LogP contribution in [0.25, 0.3) is 0 Å². The molecule has 2 saturated carbocycles. The second-order valence-electron chi connectivity index (χ2n) is 8.04. The van der Waals surface area contributed by atoms with Crippen molar-refractivity contribution in [3.05, 3.63) is 0 Å². The van der Waals surface area contributed by atoms with E-state index in [2.05, 4.69) is 24.5 Å². The molecule has 21 heavy (non-hydrogen) atoms. The largest absolute Gasteiger partial charge is 0.355 e. The lowest BCUT2D eigenvalue weighted by molar-refractivity contribution is -0.124. The van der Waals surface area contributed by atoms with Gasteiger partial charge in [-0.3, -0.25) is 4.79 Å². The highest BCUT2D eigenvalue weighted by Gasteiger charge is 2.57. The van der Waals surface area contributed by atoms with Crippen LogP contribution in [0.1, 0.15) is 58.8 Å². The number of hydrogen-bond donors (Lipinski definition) is 2. The molecule has 0 aromatic rings. The first-order valence-electron chi connectivity index (χ1n) is 8.54. The smallest absolute Gasteiger partial charge is 0.223 e. The van der Waals surface area contributed by atoms with E-state index in [-0.39, 0.29) is 12.4 Å². The summed E-state index contributed by atoms with van der Waals surface area (Å²) in [5.41, 5.74) is 0.806. The molecule has 3 nitrogen and oxygen atoms in total. The van der Waals surface area contributed by atoms with Crippen LogP contribution in [0.4, 0.5) is 0 Å². The summed E-state index contributed by atoms with van der Waals surface area (Å²) in [5.74, 6) is 1.41. The Morgan fingerprint density at radius 1 is 1.24 bits per heavy atom. The maximum atomic E-state index is 12.4. The normalized spacial score (nSPS) is 28.6. The molecular weight excluding hydrogens is 284 g/mol. The van der Waals surface area contributed by atoms with Crippen LogP contribution in [-0.4, -0.2) is 25.5 Å². The molecule has 3 fully saturated rings. The van der Waals surface area contributed by atoms with Gasteiger partial charge in [0.15, 0.2) is 0 Å². The van der Waals surface area contributed by atoms with Gasteiger partial charge in [0.2, 0.25) is 5.91 Å². The van der Waals surface area contributed by atoms with Gasteiger partial charge in [0.05, 0.1) is 0 Å². The predicted octanol–water partition coefficient (Wildman–Crippen LogP) is 3.13. The molecule has 0 bridgehead atoms. The van der Waals surface area contributed by atoms with Gasteiger partial charge >= 0.3 is 0 Å². The van der Waals surface area contributed by atoms with Crippen LogP contribution in [0.3, 0.4) is 0 Å². The van der Waals surface area contributed by atoms with Gasteiger partial charge in [0, 0.05) is 12.5 Å². The van der Waals surface area contributed by atoms with E-state index in [1.165, 1.54) is 38.5 Å². The molecule has 0 aromatic heterocycles. The second kappa shape index (κ2) is 6.45. The number of nitrogens with one attached hydrogen (secondary N) is 2. The van der Waals surface area contributed by atoms with Crippen LogP contribution in [0.2, 0.25) is 0 Å². The fourth-order valence-corrected chi connectivity index (χ4v) is 4.59. The van der Waals surface area contributed by atoms with Crippen LogP contribution < -0.4 is 10.6 Å². The van der Waals surface area contributed by atoms with Crippen molar-refractivity contribution in [1.82, 2.24) is 10.6 Å². The summed E-state index contributed by atoms with van der Waals surface area (Å²) >= 11 is 0. The Labute approximate surface area is 135 Å². The van der Waals surface area contributed by atoms with Crippen LogP contribution >= 0.6 is 12.4 Å². The molecular formula is C17H31ClN2O. The maximum Gasteiger partial charge on any atom is 0.223 e. The van der Waals surface area contributed by atoms with E-state index in [4.69, 9.17) is 0 Å². The molecule has 4 heteroatoms. The van der Waals surface area contributed by atoms with E-state index in [9.17, 15) is 4.79 Å². The minimum atomic E-state index is 0. The van der Waals surface area contributed by atoms with Crippen molar-refractivity contribution in [3.8, 4) is 0 Å². The second-order valence-corrected chi connectivity index (χ2v) is 8.04. The summed E-state index contributed by atoms with van der Waals surface area (Å²) in [7, 11) is 0. The Hall–Kier alpha value is -0.280. The van der Waals surface area contributed by atoms with E-state index in [0.717, 1.165) is 32.0 Å². The van der Waals surface area contributed by atoms with Crippen molar-refractivity contribution >= 4 is 18.3 Å². The van der Waals surface area contributed by atoms with Gasteiger partial charge in [0.25, 0.3) is 0 Å². The van der Waals surface area contributed by atoms with Crippen molar-refractivity contribution in [1.29, 1.82) is 0 Å². The lowest BCUT2D eigenvalue weighted by Gasteiger charge is -2.43. The molecule has 2 aliphatic carbocycles. The van der Waals surface area contributed by atoms with Gasteiger partial charge < -0.3 is 10.6 Å². The summed E-state index contributed by atoms with van der Waals surface area (Å²) in [5, 5.41) is 6.71. The Morgan fingerprint density at radius 2 is 1.90 bits per heavy atom. The molecule has 1 unspecified atom stereocenters. The molecule has 3 rings (SSSR count). The fraction of sp³-hybridized carbons (Fsp3) is 0.941. The van der Waals surface area contributed by atoms with Crippen molar-refractivity contribution < 1.29 is 4.79 Å².